The second kappa shape index (κ2) is 50.9. The van der Waals surface area contributed by atoms with Crippen LogP contribution >= 0.6 is 11.8 Å². The Morgan fingerprint density at radius 2 is 0.937 bits per heavy atom. The molecule has 4 atom stereocenters. The summed E-state index contributed by atoms with van der Waals surface area (Å²) in [5, 5.41) is 12.4. The van der Waals surface area contributed by atoms with Crippen LogP contribution in [0.4, 0.5) is 0 Å². The van der Waals surface area contributed by atoms with Crippen molar-refractivity contribution >= 4 is 69.3 Å². The first kappa shape index (κ1) is 75.0. The molecule has 0 aromatic carbocycles. The number of amides is 6. The fourth-order valence-corrected chi connectivity index (χ4v) is 10.1. The van der Waals surface area contributed by atoms with Crippen LogP contribution in [0.5, 0.6) is 0 Å². The number of unbranched alkanes of at least 4 members (excludes halogenated alkanes) is 28. The van der Waals surface area contributed by atoms with Gasteiger partial charge in [0.1, 0.15) is 30.8 Å². The zero-order valence-electron chi connectivity index (χ0n) is 49.2. The number of rotatable bonds is 55. The fourth-order valence-electron chi connectivity index (χ4n) is 8.74. The largest absolute Gasteiger partial charge is 0.462 e. The number of hydrogen-bond donors (Lipinski definition) is 7. The lowest BCUT2D eigenvalue weighted by atomic mass is 10.0. The Kier molecular flexibility index (Phi) is 48.4. The third kappa shape index (κ3) is 48.4. The van der Waals surface area contributed by atoms with E-state index >= 15 is 0 Å². The van der Waals surface area contributed by atoms with Gasteiger partial charge >= 0.3 is 11.9 Å². The molecule has 19 nitrogen and oxygen atoms in total. The fraction of sp³-hybridized carbons (Fsp3) is 0.862. The van der Waals surface area contributed by atoms with Crippen LogP contribution in [-0.4, -0.2) is 122 Å². The summed E-state index contributed by atoms with van der Waals surface area (Å²) in [7, 11) is -4.29. The number of carbonyl (C=O) groups excluding carboxylic acids is 8. The topological polar surface area (TPSA) is 296 Å². The second-order valence-electron chi connectivity index (χ2n) is 21.2. The molecule has 8 N–H and O–H groups in total. The van der Waals surface area contributed by atoms with Crippen LogP contribution in [0.3, 0.4) is 0 Å². The molecule has 460 valence electrons. The van der Waals surface area contributed by atoms with Crippen molar-refractivity contribution in [1.29, 1.82) is 0 Å². The predicted octanol–water partition coefficient (Wildman–Crippen LogP) is 9.36. The van der Waals surface area contributed by atoms with E-state index in [2.05, 4.69) is 47.4 Å². The summed E-state index contributed by atoms with van der Waals surface area (Å²) in [5.74, 6) is -5.54. The Balaban J connectivity index is 5.76. The molecule has 6 amide bonds. The highest BCUT2D eigenvalue weighted by atomic mass is 32.2. The van der Waals surface area contributed by atoms with Gasteiger partial charge in [0.2, 0.25) is 35.4 Å². The van der Waals surface area contributed by atoms with E-state index < -0.39 is 82.2 Å². The number of esters is 2. The number of hydrogen-bond acceptors (Lipinski definition) is 13. The maximum atomic E-state index is 13.9. The summed E-state index contributed by atoms with van der Waals surface area (Å²) >= 11 is 1.22. The van der Waals surface area contributed by atoms with Gasteiger partial charge in [-0.05, 0) is 32.6 Å². The molecule has 0 aliphatic heterocycles. The van der Waals surface area contributed by atoms with Crippen LogP contribution in [0.15, 0.2) is 0 Å². The standard InChI is InChI=1S/C58H108N6O13S2/c1-5-8-11-14-17-20-21-22-23-26-27-30-33-36-52(66)63-50(58(72)62-47(4)57(71)64-49(56(59)70)39-40-51(65)61-43-53(67)60-41-42-79(73,74)75)46-78-45-48(77-55(69)38-35-32-29-25-19-16-13-10-7-3)44-76-54(68)37-34-31-28-24-18-15-12-9-6-2/h47-50H,5-46H2,1-4H3,(H2,59,70)(H,60,67)(H,61,65)(H,62,72)(H,63,66)(H,64,71)(H,73,74,75)/t47-,48?,49-,50-/m0/s1. The lowest BCUT2D eigenvalue weighted by Crippen LogP contribution is -2.56. The molecule has 0 spiro atoms. The number of primary amides is 1. The summed E-state index contributed by atoms with van der Waals surface area (Å²) in [5.41, 5.74) is 5.54. The molecule has 1 unspecified atom stereocenters. The number of ether oxygens (including phenoxy) is 2. The van der Waals surface area contributed by atoms with Gasteiger partial charge in [-0.3, -0.25) is 42.9 Å². The van der Waals surface area contributed by atoms with E-state index in [0.29, 0.717) is 19.3 Å². The van der Waals surface area contributed by atoms with Crippen molar-refractivity contribution in [3.05, 3.63) is 0 Å². The van der Waals surface area contributed by atoms with E-state index in [0.717, 1.165) is 64.2 Å². The Morgan fingerprint density at radius 3 is 1.39 bits per heavy atom. The Labute approximate surface area is 480 Å². The average molecular weight is 1160 g/mol. The quantitative estimate of drug-likeness (QED) is 0.0170. The van der Waals surface area contributed by atoms with Crippen LogP contribution in [0.2, 0.25) is 0 Å². The molecule has 0 aromatic rings. The van der Waals surface area contributed by atoms with Gasteiger partial charge in [0.15, 0.2) is 0 Å². The van der Waals surface area contributed by atoms with Crippen LogP contribution < -0.4 is 32.3 Å². The first-order valence-electron chi connectivity index (χ1n) is 30.5. The van der Waals surface area contributed by atoms with Crippen LogP contribution in [0.25, 0.3) is 0 Å². The van der Waals surface area contributed by atoms with Gasteiger partial charge in [-0.2, -0.15) is 20.2 Å². The highest BCUT2D eigenvalue weighted by Gasteiger charge is 2.28. The van der Waals surface area contributed by atoms with E-state index in [-0.39, 0.29) is 68.6 Å². The molecule has 0 fully saturated rings. The van der Waals surface area contributed by atoms with E-state index in [4.69, 9.17) is 19.8 Å². The number of nitrogens with two attached hydrogens (primary N) is 1. The van der Waals surface area contributed by atoms with Crippen molar-refractivity contribution in [1.82, 2.24) is 26.6 Å². The van der Waals surface area contributed by atoms with Crippen molar-refractivity contribution in [3.63, 3.8) is 0 Å². The molecule has 0 aliphatic carbocycles. The monoisotopic (exact) mass is 1160 g/mol. The Hall–Kier alpha value is -3.98. The van der Waals surface area contributed by atoms with E-state index in [1.54, 1.807) is 0 Å². The van der Waals surface area contributed by atoms with Crippen molar-refractivity contribution in [2.24, 2.45) is 5.73 Å². The van der Waals surface area contributed by atoms with E-state index in [1.165, 1.54) is 134 Å². The maximum absolute atomic E-state index is 13.9. The lowest BCUT2D eigenvalue weighted by Gasteiger charge is -2.23. The molecule has 21 heteroatoms. The van der Waals surface area contributed by atoms with E-state index in [1.807, 2.05) is 0 Å². The third-order valence-electron chi connectivity index (χ3n) is 13.6. The molecule has 0 heterocycles. The Morgan fingerprint density at radius 1 is 0.494 bits per heavy atom. The minimum Gasteiger partial charge on any atom is -0.462 e. The highest BCUT2D eigenvalue weighted by Crippen LogP contribution is 2.17. The van der Waals surface area contributed by atoms with Crippen molar-refractivity contribution in [3.8, 4) is 0 Å². The molecule has 0 radical (unpaired) electrons. The average Bonchev–Trinajstić information content (AvgIpc) is 3.40. The summed E-state index contributed by atoms with van der Waals surface area (Å²) in [6.07, 6.45) is 33.9. The van der Waals surface area contributed by atoms with Crippen molar-refractivity contribution < 1.29 is 60.8 Å². The third-order valence-corrected chi connectivity index (χ3v) is 15.5. The first-order valence-corrected chi connectivity index (χ1v) is 33.3. The summed E-state index contributed by atoms with van der Waals surface area (Å²) in [6, 6.07) is -3.71. The number of carbonyl (C=O) groups is 8. The molecule has 79 heavy (non-hydrogen) atoms. The number of thioether (sulfide) groups is 1. The molecule has 0 rings (SSSR count). The van der Waals surface area contributed by atoms with Gasteiger partial charge in [0, 0.05) is 43.7 Å². The maximum Gasteiger partial charge on any atom is 0.306 e. The molecule has 0 aromatic heterocycles. The number of nitrogens with one attached hydrogen (secondary N) is 5. The second-order valence-corrected chi connectivity index (χ2v) is 23.9. The molecule has 0 saturated carbocycles. The summed E-state index contributed by atoms with van der Waals surface area (Å²) in [4.78, 5) is 103. The molecule has 0 bridgehead atoms. The minimum absolute atomic E-state index is 0.0147. The van der Waals surface area contributed by atoms with Gasteiger partial charge in [-0.15, -0.1) is 0 Å². The smallest absolute Gasteiger partial charge is 0.306 e. The molecular weight excluding hydrogens is 1050 g/mol. The van der Waals surface area contributed by atoms with Gasteiger partial charge in [0.05, 0.1) is 12.3 Å². The van der Waals surface area contributed by atoms with E-state index in [9.17, 15) is 46.8 Å². The van der Waals surface area contributed by atoms with Crippen LogP contribution in [0, 0.1) is 0 Å². The van der Waals surface area contributed by atoms with Crippen LogP contribution in [0.1, 0.15) is 259 Å². The highest BCUT2D eigenvalue weighted by molar-refractivity contribution is 7.99. The summed E-state index contributed by atoms with van der Waals surface area (Å²) in [6.45, 7) is 6.94. The summed E-state index contributed by atoms with van der Waals surface area (Å²) < 4.78 is 42.1. The van der Waals surface area contributed by atoms with Crippen molar-refractivity contribution in [2.45, 2.75) is 283 Å². The Bertz CT molecular complexity index is 1780. The van der Waals surface area contributed by atoms with Gasteiger partial charge in [0.25, 0.3) is 10.1 Å². The zero-order chi connectivity index (χ0) is 58.8. The van der Waals surface area contributed by atoms with Crippen LogP contribution in [-0.2, 0) is 57.9 Å². The lowest BCUT2D eigenvalue weighted by molar-refractivity contribution is -0.157. The van der Waals surface area contributed by atoms with Gasteiger partial charge < -0.3 is 41.8 Å². The normalized spacial score (nSPS) is 12.9. The molecular formula is C58H108N6O13S2. The van der Waals surface area contributed by atoms with Gasteiger partial charge in [-0.25, -0.2) is 0 Å². The minimum atomic E-state index is -4.29. The molecule has 0 saturated heterocycles. The predicted molar refractivity (Wildman–Crippen MR) is 314 cm³/mol. The zero-order valence-corrected chi connectivity index (χ0v) is 50.9. The SMILES string of the molecule is CCCCCCCCCCCCCCCC(=O)N[C@@H](CSCC(COC(=O)CCCCCCCCCCC)OC(=O)CCCCCCCCCCC)C(=O)N[C@@H](C)C(=O)N[C@@H](CCC(=O)NCC(=O)NCCS(=O)(=O)O)C(N)=O. The van der Waals surface area contributed by atoms with Gasteiger partial charge in [-0.1, -0.05) is 201 Å². The van der Waals surface area contributed by atoms with Crippen molar-refractivity contribution in [2.75, 3.05) is 37.0 Å². The first-order chi connectivity index (χ1) is 37.9. The molecule has 0 aliphatic rings.